The van der Waals surface area contributed by atoms with Gasteiger partial charge < -0.3 is 4.74 Å². The zero-order valence-electron chi connectivity index (χ0n) is 13.6. The Morgan fingerprint density at radius 2 is 1.91 bits per heavy atom. The molecule has 0 unspecified atom stereocenters. The van der Waals surface area contributed by atoms with Gasteiger partial charge in [-0.1, -0.05) is 25.5 Å². The maximum absolute atomic E-state index is 8.86. The predicted octanol–water partition coefficient (Wildman–Crippen LogP) is 5.55. The molecule has 0 aromatic heterocycles. The molecule has 1 saturated carbocycles. The molecule has 0 aliphatic heterocycles. The molecule has 1 fully saturated rings. The molecule has 1 aliphatic carbocycles. The molecule has 118 valence electrons. The number of nitriles is 1. The Bertz CT molecular complexity index is 489. The first kappa shape index (κ1) is 16.6. The summed E-state index contributed by atoms with van der Waals surface area (Å²) in [4.78, 5) is 0. The molecule has 2 rings (SSSR count). The standard InChI is InChI=1S/C20H27NO/c1-2-3-4-14-22-15-13-17-5-9-19(10-6-17)20-11-7-18(16-21)8-12-20/h4,7-8,11-12,14,17,19H,2-3,5-6,9-10,13,15H2,1H3/b14-4+. The van der Waals surface area contributed by atoms with E-state index in [0.717, 1.165) is 24.5 Å². The maximum atomic E-state index is 8.86. The summed E-state index contributed by atoms with van der Waals surface area (Å²) in [6, 6.07) is 10.3. The Hall–Kier alpha value is -1.75. The van der Waals surface area contributed by atoms with Crippen molar-refractivity contribution in [3.63, 3.8) is 0 Å². The van der Waals surface area contributed by atoms with Gasteiger partial charge in [-0.3, -0.25) is 0 Å². The van der Waals surface area contributed by atoms with Crippen molar-refractivity contribution in [2.45, 2.75) is 57.8 Å². The van der Waals surface area contributed by atoms with Crippen LogP contribution in [0.1, 0.15) is 68.9 Å². The van der Waals surface area contributed by atoms with E-state index in [4.69, 9.17) is 10.00 Å². The summed E-state index contributed by atoms with van der Waals surface area (Å²) in [5.74, 6) is 1.49. The summed E-state index contributed by atoms with van der Waals surface area (Å²) < 4.78 is 5.56. The van der Waals surface area contributed by atoms with Gasteiger partial charge in [0.15, 0.2) is 0 Å². The molecule has 0 radical (unpaired) electrons. The Balaban J connectivity index is 1.68. The number of ether oxygens (including phenoxy) is 1. The molecular formula is C20H27NO. The second kappa shape index (κ2) is 9.30. The van der Waals surface area contributed by atoms with Crippen LogP contribution in [-0.4, -0.2) is 6.61 Å². The van der Waals surface area contributed by atoms with Crippen LogP contribution in [0, 0.1) is 17.2 Å². The molecule has 1 aliphatic rings. The minimum atomic E-state index is 0.675. The number of rotatable bonds is 7. The molecule has 0 heterocycles. The quantitative estimate of drug-likeness (QED) is 0.488. The van der Waals surface area contributed by atoms with Gasteiger partial charge in [0.05, 0.1) is 24.5 Å². The third kappa shape index (κ3) is 5.22. The van der Waals surface area contributed by atoms with Crippen LogP contribution < -0.4 is 0 Å². The fraction of sp³-hybridized carbons (Fsp3) is 0.550. The summed E-state index contributed by atoms with van der Waals surface area (Å²) in [5, 5.41) is 8.86. The average molecular weight is 297 g/mol. The zero-order chi connectivity index (χ0) is 15.6. The Morgan fingerprint density at radius 1 is 1.18 bits per heavy atom. The van der Waals surface area contributed by atoms with Gasteiger partial charge in [-0.25, -0.2) is 0 Å². The lowest BCUT2D eigenvalue weighted by atomic mass is 9.77. The van der Waals surface area contributed by atoms with Crippen LogP contribution in [0.4, 0.5) is 0 Å². The summed E-state index contributed by atoms with van der Waals surface area (Å²) in [6.07, 6.45) is 12.6. The van der Waals surface area contributed by atoms with E-state index in [-0.39, 0.29) is 0 Å². The lowest BCUT2D eigenvalue weighted by molar-refractivity contribution is 0.198. The normalized spacial score (nSPS) is 21.6. The second-order valence-corrected chi connectivity index (χ2v) is 6.27. The van der Waals surface area contributed by atoms with E-state index >= 15 is 0 Å². The first-order valence-electron chi connectivity index (χ1n) is 8.60. The lowest BCUT2D eigenvalue weighted by Gasteiger charge is -2.28. The number of unbranched alkanes of at least 4 members (excludes halogenated alkanes) is 1. The van der Waals surface area contributed by atoms with Crippen LogP contribution in [0.25, 0.3) is 0 Å². The van der Waals surface area contributed by atoms with Gasteiger partial charge in [-0.05, 0) is 74.1 Å². The molecule has 22 heavy (non-hydrogen) atoms. The van der Waals surface area contributed by atoms with Gasteiger partial charge in [-0.2, -0.15) is 5.26 Å². The first-order valence-corrected chi connectivity index (χ1v) is 8.60. The molecule has 0 atom stereocenters. The van der Waals surface area contributed by atoms with Crippen molar-refractivity contribution in [2.24, 2.45) is 5.92 Å². The highest BCUT2D eigenvalue weighted by molar-refractivity contribution is 5.33. The molecule has 1 aromatic carbocycles. The fourth-order valence-electron chi connectivity index (χ4n) is 3.22. The summed E-state index contributed by atoms with van der Waals surface area (Å²) in [7, 11) is 0. The average Bonchev–Trinajstić information content (AvgIpc) is 2.59. The van der Waals surface area contributed by atoms with E-state index < -0.39 is 0 Å². The summed E-state index contributed by atoms with van der Waals surface area (Å²) in [5.41, 5.74) is 2.15. The monoisotopic (exact) mass is 297 g/mol. The number of benzene rings is 1. The third-order valence-electron chi connectivity index (χ3n) is 4.65. The third-order valence-corrected chi connectivity index (χ3v) is 4.65. The smallest absolute Gasteiger partial charge is 0.0991 e. The van der Waals surface area contributed by atoms with E-state index in [1.54, 1.807) is 0 Å². The SMILES string of the molecule is CCC/C=C/OCCC1CCC(c2ccc(C#N)cc2)CC1. The van der Waals surface area contributed by atoms with Crippen LogP contribution in [0.2, 0.25) is 0 Å². The molecule has 2 nitrogen and oxygen atoms in total. The molecule has 0 N–H and O–H groups in total. The molecule has 0 amide bonds. The van der Waals surface area contributed by atoms with E-state index in [1.807, 2.05) is 18.4 Å². The van der Waals surface area contributed by atoms with Crippen LogP contribution in [0.15, 0.2) is 36.6 Å². The first-order chi connectivity index (χ1) is 10.8. The Kier molecular flexibility index (Phi) is 7.03. The van der Waals surface area contributed by atoms with Gasteiger partial charge >= 0.3 is 0 Å². The maximum Gasteiger partial charge on any atom is 0.0991 e. The van der Waals surface area contributed by atoms with Gasteiger partial charge in [0.2, 0.25) is 0 Å². The minimum Gasteiger partial charge on any atom is -0.502 e. The van der Waals surface area contributed by atoms with Crippen LogP contribution in [0.5, 0.6) is 0 Å². The summed E-state index contributed by atoms with van der Waals surface area (Å²) >= 11 is 0. The number of hydrogen-bond acceptors (Lipinski definition) is 2. The highest BCUT2D eigenvalue weighted by Crippen LogP contribution is 2.37. The largest absolute Gasteiger partial charge is 0.502 e. The number of allylic oxidation sites excluding steroid dienone is 1. The molecule has 1 aromatic rings. The van der Waals surface area contributed by atoms with E-state index in [0.29, 0.717) is 5.92 Å². The molecular weight excluding hydrogens is 270 g/mol. The highest BCUT2D eigenvalue weighted by atomic mass is 16.5. The second-order valence-electron chi connectivity index (χ2n) is 6.27. The minimum absolute atomic E-state index is 0.675. The van der Waals surface area contributed by atoms with Crippen molar-refractivity contribution >= 4 is 0 Å². The predicted molar refractivity (Wildman–Crippen MR) is 90.5 cm³/mol. The van der Waals surface area contributed by atoms with Gasteiger partial charge in [-0.15, -0.1) is 0 Å². The van der Waals surface area contributed by atoms with Crippen molar-refractivity contribution < 1.29 is 4.74 Å². The Labute approximate surface area is 134 Å². The molecule has 0 spiro atoms. The molecule has 2 heteroatoms. The van der Waals surface area contributed by atoms with Crippen molar-refractivity contribution in [3.8, 4) is 6.07 Å². The van der Waals surface area contributed by atoms with Crippen LogP contribution in [-0.2, 0) is 4.74 Å². The highest BCUT2D eigenvalue weighted by Gasteiger charge is 2.22. The zero-order valence-corrected chi connectivity index (χ0v) is 13.6. The molecule has 0 bridgehead atoms. The van der Waals surface area contributed by atoms with E-state index in [2.05, 4.69) is 31.2 Å². The van der Waals surface area contributed by atoms with Gasteiger partial charge in [0, 0.05) is 0 Å². The van der Waals surface area contributed by atoms with Crippen molar-refractivity contribution in [2.75, 3.05) is 6.61 Å². The Morgan fingerprint density at radius 3 is 2.55 bits per heavy atom. The van der Waals surface area contributed by atoms with Crippen LogP contribution in [0.3, 0.4) is 0 Å². The van der Waals surface area contributed by atoms with E-state index in [1.165, 1.54) is 44.1 Å². The topological polar surface area (TPSA) is 33.0 Å². The van der Waals surface area contributed by atoms with Gasteiger partial charge in [0.1, 0.15) is 0 Å². The summed E-state index contributed by atoms with van der Waals surface area (Å²) in [6.45, 7) is 3.03. The van der Waals surface area contributed by atoms with Crippen LogP contribution >= 0.6 is 0 Å². The van der Waals surface area contributed by atoms with Crippen molar-refractivity contribution in [3.05, 3.63) is 47.7 Å². The fourth-order valence-corrected chi connectivity index (χ4v) is 3.22. The van der Waals surface area contributed by atoms with Crippen molar-refractivity contribution in [1.82, 2.24) is 0 Å². The van der Waals surface area contributed by atoms with E-state index in [9.17, 15) is 0 Å². The number of hydrogen-bond donors (Lipinski definition) is 0. The van der Waals surface area contributed by atoms with Gasteiger partial charge in [0.25, 0.3) is 0 Å². The molecule has 0 saturated heterocycles. The van der Waals surface area contributed by atoms with Crippen molar-refractivity contribution in [1.29, 1.82) is 5.26 Å². The lowest BCUT2D eigenvalue weighted by Crippen LogP contribution is -2.14. The number of nitrogens with zero attached hydrogens (tertiary/aromatic N) is 1.